The molecule has 0 heterocycles. The summed E-state index contributed by atoms with van der Waals surface area (Å²) in [5.74, 6) is -0.173. The van der Waals surface area contributed by atoms with E-state index >= 15 is 0 Å². The Hall–Kier alpha value is -1.11. The van der Waals surface area contributed by atoms with Gasteiger partial charge in [-0.05, 0) is 24.1 Å². The number of rotatable bonds is 7. The first-order valence-electron chi connectivity index (χ1n) is 6.23. The van der Waals surface area contributed by atoms with Gasteiger partial charge in [-0.15, -0.1) is 0 Å². The van der Waals surface area contributed by atoms with Gasteiger partial charge in [0.15, 0.2) is 0 Å². The summed E-state index contributed by atoms with van der Waals surface area (Å²) in [5.41, 5.74) is 0.977. The summed E-state index contributed by atoms with van der Waals surface area (Å²) in [6.07, 6.45) is 1.74. The van der Waals surface area contributed by atoms with E-state index in [2.05, 4.69) is 5.32 Å². The van der Waals surface area contributed by atoms with Crippen molar-refractivity contribution in [1.29, 1.82) is 0 Å². The molecule has 7 heteroatoms. The number of sulfonamides is 1. The molecule has 0 aliphatic carbocycles. The van der Waals surface area contributed by atoms with Gasteiger partial charge in [-0.25, -0.2) is 12.7 Å². The fourth-order valence-electron chi connectivity index (χ4n) is 1.75. The second-order valence-corrected chi connectivity index (χ2v) is 6.94. The molecule has 1 aromatic rings. The standard InChI is InChI=1S/C13H19ClN2O3S/c1-11(17)15-7-9-16(20(2,18)19)8-6-12-4-3-5-13(14)10-12/h3-5,10H,6-9H2,1-2H3,(H,15,17). The van der Waals surface area contributed by atoms with Crippen LogP contribution in [0, 0.1) is 0 Å². The summed E-state index contributed by atoms with van der Waals surface area (Å²) in [7, 11) is -3.29. The van der Waals surface area contributed by atoms with Crippen molar-refractivity contribution in [3.63, 3.8) is 0 Å². The number of hydrogen-bond donors (Lipinski definition) is 1. The van der Waals surface area contributed by atoms with E-state index in [1.165, 1.54) is 17.5 Å². The van der Waals surface area contributed by atoms with Crippen LogP contribution in [0.3, 0.4) is 0 Å². The largest absolute Gasteiger partial charge is 0.355 e. The van der Waals surface area contributed by atoms with Gasteiger partial charge in [-0.1, -0.05) is 23.7 Å². The zero-order valence-electron chi connectivity index (χ0n) is 11.6. The molecule has 0 spiro atoms. The quantitative estimate of drug-likeness (QED) is 0.823. The Labute approximate surface area is 125 Å². The lowest BCUT2D eigenvalue weighted by Gasteiger charge is -2.20. The van der Waals surface area contributed by atoms with E-state index in [1.54, 1.807) is 6.07 Å². The van der Waals surface area contributed by atoms with Crippen molar-refractivity contribution in [2.75, 3.05) is 25.9 Å². The third kappa shape index (κ3) is 6.36. The van der Waals surface area contributed by atoms with Crippen LogP contribution in [0.2, 0.25) is 5.02 Å². The highest BCUT2D eigenvalue weighted by molar-refractivity contribution is 7.88. The molecule has 1 amide bonds. The molecule has 0 aliphatic rings. The molecule has 1 rings (SSSR count). The monoisotopic (exact) mass is 318 g/mol. The highest BCUT2D eigenvalue weighted by Crippen LogP contribution is 2.12. The van der Waals surface area contributed by atoms with Gasteiger partial charge in [0.2, 0.25) is 15.9 Å². The van der Waals surface area contributed by atoms with E-state index in [9.17, 15) is 13.2 Å². The first-order chi connectivity index (χ1) is 9.29. The second kappa shape index (κ2) is 7.61. The van der Waals surface area contributed by atoms with Gasteiger partial charge < -0.3 is 5.32 Å². The molecule has 0 bridgehead atoms. The summed E-state index contributed by atoms with van der Waals surface area (Å²) >= 11 is 5.89. The Morgan fingerprint density at radius 3 is 2.60 bits per heavy atom. The number of amides is 1. The lowest BCUT2D eigenvalue weighted by Crippen LogP contribution is -2.38. The van der Waals surface area contributed by atoms with Crippen LogP contribution < -0.4 is 5.32 Å². The summed E-state index contributed by atoms with van der Waals surface area (Å²) in [5, 5.41) is 3.22. The smallest absolute Gasteiger partial charge is 0.216 e. The summed E-state index contributed by atoms with van der Waals surface area (Å²) in [6.45, 7) is 2.33. The summed E-state index contributed by atoms with van der Waals surface area (Å²) in [6, 6.07) is 7.33. The van der Waals surface area contributed by atoms with Crippen LogP contribution in [0.4, 0.5) is 0 Å². The molecule has 20 heavy (non-hydrogen) atoms. The van der Waals surface area contributed by atoms with Crippen molar-refractivity contribution in [3.05, 3.63) is 34.9 Å². The molecule has 0 fully saturated rings. The van der Waals surface area contributed by atoms with Crippen molar-refractivity contribution in [3.8, 4) is 0 Å². The fourth-order valence-corrected chi connectivity index (χ4v) is 2.81. The Balaban J connectivity index is 2.59. The van der Waals surface area contributed by atoms with E-state index in [1.807, 2.05) is 18.2 Å². The lowest BCUT2D eigenvalue weighted by atomic mass is 10.1. The molecule has 0 saturated carbocycles. The number of nitrogens with one attached hydrogen (secondary N) is 1. The van der Waals surface area contributed by atoms with Crippen molar-refractivity contribution >= 4 is 27.5 Å². The molecule has 5 nitrogen and oxygen atoms in total. The maximum Gasteiger partial charge on any atom is 0.216 e. The molecule has 0 aromatic heterocycles. The average molecular weight is 319 g/mol. The Bertz CT molecular complexity index is 560. The van der Waals surface area contributed by atoms with Crippen molar-refractivity contribution in [2.45, 2.75) is 13.3 Å². The normalized spacial score (nSPS) is 11.6. The molecular weight excluding hydrogens is 300 g/mol. The van der Waals surface area contributed by atoms with Crippen molar-refractivity contribution in [1.82, 2.24) is 9.62 Å². The zero-order chi connectivity index (χ0) is 15.2. The van der Waals surface area contributed by atoms with Gasteiger partial charge in [-0.3, -0.25) is 4.79 Å². The number of halogens is 1. The second-order valence-electron chi connectivity index (χ2n) is 4.52. The molecule has 112 valence electrons. The Morgan fingerprint density at radius 2 is 2.05 bits per heavy atom. The first-order valence-corrected chi connectivity index (χ1v) is 8.45. The molecule has 0 unspecified atom stereocenters. The first kappa shape index (κ1) is 16.9. The minimum absolute atomic E-state index is 0.173. The summed E-state index contributed by atoms with van der Waals surface area (Å²) < 4.78 is 24.7. The minimum atomic E-state index is -3.29. The Morgan fingerprint density at radius 1 is 1.35 bits per heavy atom. The molecule has 1 aromatic carbocycles. The van der Waals surface area contributed by atoms with Gasteiger partial charge in [0.1, 0.15) is 0 Å². The van der Waals surface area contributed by atoms with Crippen LogP contribution in [0.25, 0.3) is 0 Å². The molecule has 0 radical (unpaired) electrons. The third-order valence-electron chi connectivity index (χ3n) is 2.74. The third-order valence-corrected chi connectivity index (χ3v) is 4.28. The molecule has 0 aliphatic heterocycles. The van der Waals surface area contributed by atoms with E-state index < -0.39 is 10.0 Å². The molecule has 1 N–H and O–H groups in total. The lowest BCUT2D eigenvalue weighted by molar-refractivity contribution is -0.118. The Kier molecular flexibility index (Phi) is 6.45. The maximum absolute atomic E-state index is 11.7. The predicted octanol–water partition coefficient (Wildman–Crippen LogP) is 1.28. The van der Waals surface area contributed by atoms with Crippen LogP contribution in [-0.2, 0) is 21.2 Å². The highest BCUT2D eigenvalue weighted by atomic mass is 35.5. The molecule has 0 saturated heterocycles. The van der Waals surface area contributed by atoms with Gasteiger partial charge >= 0.3 is 0 Å². The van der Waals surface area contributed by atoms with Crippen LogP contribution >= 0.6 is 11.6 Å². The molecule has 0 atom stereocenters. The van der Waals surface area contributed by atoms with Gasteiger partial charge in [0.25, 0.3) is 0 Å². The topological polar surface area (TPSA) is 66.5 Å². The molecular formula is C13H19ClN2O3S. The maximum atomic E-state index is 11.7. The van der Waals surface area contributed by atoms with Gasteiger partial charge in [0.05, 0.1) is 6.26 Å². The average Bonchev–Trinajstić information content (AvgIpc) is 2.31. The number of nitrogens with zero attached hydrogens (tertiary/aromatic N) is 1. The van der Waals surface area contributed by atoms with Gasteiger partial charge in [-0.2, -0.15) is 0 Å². The van der Waals surface area contributed by atoms with E-state index in [-0.39, 0.29) is 12.5 Å². The number of carbonyl (C=O) groups excluding carboxylic acids is 1. The fraction of sp³-hybridized carbons (Fsp3) is 0.462. The summed E-state index contributed by atoms with van der Waals surface area (Å²) in [4.78, 5) is 10.8. The van der Waals surface area contributed by atoms with Gasteiger partial charge in [0, 0.05) is 31.6 Å². The number of hydrogen-bond acceptors (Lipinski definition) is 3. The van der Waals surface area contributed by atoms with Crippen LogP contribution in [0.1, 0.15) is 12.5 Å². The zero-order valence-corrected chi connectivity index (χ0v) is 13.2. The van der Waals surface area contributed by atoms with E-state index in [0.717, 1.165) is 5.56 Å². The SMILES string of the molecule is CC(=O)NCCN(CCc1cccc(Cl)c1)S(C)(=O)=O. The predicted molar refractivity (Wildman–Crippen MR) is 80.3 cm³/mol. The van der Waals surface area contributed by atoms with Crippen molar-refractivity contribution in [2.24, 2.45) is 0 Å². The number of benzene rings is 1. The van der Waals surface area contributed by atoms with E-state index in [4.69, 9.17) is 11.6 Å². The number of carbonyl (C=O) groups is 1. The van der Waals surface area contributed by atoms with Crippen molar-refractivity contribution < 1.29 is 13.2 Å². The van der Waals surface area contributed by atoms with Crippen LogP contribution in [-0.4, -0.2) is 44.5 Å². The van der Waals surface area contributed by atoms with E-state index in [0.29, 0.717) is 24.5 Å². The van der Waals surface area contributed by atoms with Crippen LogP contribution in [0.15, 0.2) is 24.3 Å². The highest BCUT2D eigenvalue weighted by Gasteiger charge is 2.16. The minimum Gasteiger partial charge on any atom is -0.355 e. The van der Waals surface area contributed by atoms with Crippen LogP contribution in [0.5, 0.6) is 0 Å².